The van der Waals surface area contributed by atoms with Crippen molar-refractivity contribution < 1.29 is 9.18 Å². The summed E-state index contributed by atoms with van der Waals surface area (Å²) in [6, 6.07) is 2.27. The van der Waals surface area contributed by atoms with Crippen LogP contribution in [0.3, 0.4) is 0 Å². The van der Waals surface area contributed by atoms with Crippen molar-refractivity contribution in [3.63, 3.8) is 0 Å². The van der Waals surface area contributed by atoms with Crippen molar-refractivity contribution in [3.05, 3.63) is 28.5 Å². The molecule has 4 heteroatoms. The van der Waals surface area contributed by atoms with Crippen LogP contribution in [-0.4, -0.2) is 5.78 Å². The van der Waals surface area contributed by atoms with Crippen molar-refractivity contribution in [2.75, 3.05) is 5.73 Å². The summed E-state index contributed by atoms with van der Waals surface area (Å²) < 4.78 is 12.7. The highest BCUT2D eigenvalue weighted by molar-refractivity contribution is 6.34. The monoisotopic (exact) mass is 187 g/mol. The van der Waals surface area contributed by atoms with Crippen LogP contribution in [0.1, 0.15) is 17.3 Å². The van der Waals surface area contributed by atoms with E-state index in [0.29, 0.717) is 0 Å². The van der Waals surface area contributed by atoms with Crippen LogP contribution < -0.4 is 5.73 Å². The highest BCUT2D eigenvalue weighted by Crippen LogP contribution is 2.22. The van der Waals surface area contributed by atoms with E-state index in [2.05, 4.69) is 0 Å². The average Bonchev–Trinajstić information content (AvgIpc) is 1.96. The lowest BCUT2D eigenvalue weighted by Crippen LogP contribution is -1.98. The van der Waals surface area contributed by atoms with Gasteiger partial charge in [0.25, 0.3) is 0 Å². The quantitative estimate of drug-likeness (QED) is 0.541. The number of hydrogen-bond acceptors (Lipinski definition) is 2. The van der Waals surface area contributed by atoms with Gasteiger partial charge < -0.3 is 5.73 Å². The van der Waals surface area contributed by atoms with Gasteiger partial charge >= 0.3 is 0 Å². The fourth-order valence-corrected chi connectivity index (χ4v) is 1.12. The lowest BCUT2D eigenvalue weighted by molar-refractivity contribution is 0.101. The number of Topliss-reactive ketones (excluding diaryl/α,β-unsaturated/α-hetero) is 1. The van der Waals surface area contributed by atoms with Gasteiger partial charge in [-0.2, -0.15) is 0 Å². The Labute approximate surface area is 74.1 Å². The molecule has 0 atom stereocenters. The Kier molecular flexibility index (Phi) is 2.33. The van der Waals surface area contributed by atoms with Crippen molar-refractivity contribution in [1.29, 1.82) is 0 Å². The molecule has 0 spiro atoms. The van der Waals surface area contributed by atoms with Gasteiger partial charge in [0.2, 0.25) is 0 Å². The molecule has 1 aromatic carbocycles. The standard InChI is InChI=1S/C8H7ClFNO/c1-4(12)5-2-8(11)7(10)3-6(5)9/h2-3H,11H2,1H3. The van der Waals surface area contributed by atoms with Crippen LogP contribution in [0.15, 0.2) is 12.1 Å². The van der Waals surface area contributed by atoms with Crippen LogP contribution in [0.4, 0.5) is 10.1 Å². The third kappa shape index (κ3) is 1.56. The number of carbonyl (C=O) groups excluding carboxylic acids is 1. The summed E-state index contributed by atoms with van der Waals surface area (Å²) in [4.78, 5) is 10.9. The maximum atomic E-state index is 12.7. The largest absolute Gasteiger partial charge is 0.396 e. The first-order valence-corrected chi connectivity index (χ1v) is 3.65. The number of anilines is 1. The molecule has 0 amide bonds. The Morgan fingerprint density at radius 2 is 2.17 bits per heavy atom. The van der Waals surface area contributed by atoms with Crippen molar-refractivity contribution in [1.82, 2.24) is 0 Å². The minimum Gasteiger partial charge on any atom is -0.396 e. The molecule has 0 unspecified atom stereocenters. The number of benzene rings is 1. The molecule has 2 N–H and O–H groups in total. The zero-order valence-electron chi connectivity index (χ0n) is 6.40. The molecule has 0 radical (unpaired) electrons. The summed E-state index contributed by atoms with van der Waals surface area (Å²) in [5.41, 5.74) is 5.42. The number of ketones is 1. The van der Waals surface area contributed by atoms with Crippen LogP contribution in [0, 0.1) is 5.82 Å². The van der Waals surface area contributed by atoms with Crippen LogP contribution in [0.25, 0.3) is 0 Å². The smallest absolute Gasteiger partial charge is 0.161 e. The number of hydrogen-bond donors (Lipinski definition) is 1. The third-order valence-electron chi connectivity index (χ3n) is 1.47. The number of rotatable bonds is 1. The van der Waals surface area contributed by atoms with E-state index in [1.54, 1.807) is 0 Å². The predicted octanol–water partition coefficient (Wildman–Crippen LogP) is 2.26. The molecule has 0 saturated carbocycles. The van der Waals surface area contributed by atoms with Gasteiger partial charge in [0.1, 0.15) is 5.82 Å². The number of halogens is 2. The predicted molar refractivity (Wildman–Crippen MR) is 45.8 cm³/mol. The minimum atomic E-state index is -0.606. The average molecular weight is 188 g/mol. The van der Waals surface area contributed by atoms with E-state index in [4.69, 9.17) is 17.3 Å². The van der Waals surface area contributed by atoms with Crippen molar-refractivity contribution in [2.24, 2.45) is 0 Å². The van der Waals surface area contributed by atoms with Crippen molar-refractivity contribution in [3.8, 4) is 0 Å². The van der Waals surface area contributed by atoms with E-state index in [0.717, 1.165) is 6.07 Å². The summed E-state index contributed by atoms with van der Waals surface area (Å²) in [7, 11) is 0. The molecule has 64 valence electrons. The van der Waals surface area contributed by atoms with E-state index >= 15 is 0 Å². The second-order valence-electron chi connectivity index (χ2n) is 2.41. The van der Waals surface area contributed by atoms with Gasteiger partial charge in [0.15, 0.2) is 5.78 Å². The van der Waals surface area contributed by atoms with Crippen LogP contribution in [-0.2, 0) is 0 Å². The zero-order chi connectivity index (χ0) is 9.30. The highest BCUT2D eigenvalue weighted by Gasteiger charge is 2.09. The van der Waals surface area contributed by atoms with Crippen LogP contribution >= 0.6 is 11.6 Å². The van der Waals surface area contributed by atoms with Crippen molar-refractivity contribution >= 4 is 23.1 Å². The molecular weight excluding hydrogens is 181 g/mol. The molecule has 1 aromatic rings. The molecule has 0 aliphatic heterocycles. The maximum Gasteiger partial charge on any atom is 0.161 e. The Bertz CT molecular complexity index is 338. The molecule has 2 nitrogen and oxygen atoms in total. The summed E-state index contributed by atoms with van der Waals surface area (Å²) in [5.74, 6) is -0.836. The lowest BCUT2D eigenvalue weighted by Gasteiger charge is -2.01. The third-order valence-corrected chi connectivity index (χ3v) is 1.78. The second-order valence-corrected chi connectivity index (χ2v) is 2.82. The Morgan fingerprint density at radius 3 is 2.67 bits per heavy atom. The molecule has 0 aromatic heterocycles. The highest BCUT2D eigenvalue weighted by atomic mass is 35.5. The van der Waals surface area contributed by atoms with E-state index in [1.807, 2.05) is 0 Å². The van der Waals surface area contributed by atoms with Gasteiger partial charge in [0.05, 0.1) is 10.7 Å². The topological polar surface area (TPSA) is 43.1 Å². The fraction of sp³-hybridized carbons (Fsp3) is 0.125. The van der Waals surface area contributed by atoms with Crippen LogP contribution in [0.5, 0.6) is 0 Å². The summed E-state index contributed by atoms with van der Waals surface area (Å²) >= 11 is 5.58. The van der Waals surface area contributed by atoms with E-state index in [-0.39, 0.29) is 22.1 Å². The normalized spacial score (nSPS) is 9.92. The SMILES string of the molecule is CC(=O)c1cc(N)c(F)cc1Cl. The first kappa shape index (κ1) is 9.00. The van der Waals surface area contributed by atoms with Crippen LogP contribution in [0.2, 0.25) is 5.02 Å². The first-order valence-electron chi connectivity index (χ1n) is 3.28. The lowest BCUT2D eigenvalue weighted by atomic mass is 10.1. The summed E-state index contributed by atoms with van der Waals surface area (Å²) in [6.45, 7) is 1.35. The second kappa shape index (κ2) is 3.11. The molecule has 0 aliphatic rings. The van der Waals surface area contributed by atoms with E-state index in [9.17, 15) is 9.18 Å². The fourth-order valence-electron chi connectivity index (χ4n) is 0.836. The summed E-state index contributed by atoms with van der Waals surface area (Å²) in [6.07, 6.45) is 0. The first-order chi connectivity index (χ1) is 5.52. The van der Waals surface area contributed by atoms with Crippen molar-refractivity contribution in [2.45, 2.75) is 6.92 Å². The molecule has 12 heavy (non-hydrogen) atoms. The maximum absolute atomic E-state index is 12.7. The Balaban J connectivity index is 3.33. The number of carbonyl (C=O) groups is 1. The van der Waals surface area contributed by atoms with Gasteiger partial charge in [-0.05, 0) is 19.1 Å². The van der Waals surface area contributed by atoms with Gasteiger partial charge in [-0.25, -0.2) is 4.39 Å². The molecular formula is C8H7ClFNO. The van der Waals surface area contributed by atoms with E-state index in [1.165, 1.54) is 13.0 Å². The summed E-state index contributed by atoms with van der Waals surface area (Å²) in [5, 5.41) is 0.0919. The molecule has 0 heterocycles. The van der Waals surface area contributed by atoms with Gasteiger partial charge in [-0.3, -0.25) is 4.79 Å². The van der Waals surface area contributed by atoms with Gasteiger partial charge in [-0.15, -0.1) is 0 Å². The van der Waals surface area contributed by atoms with Gasteiger partial charge in [-0.1, -0.05) is 11.6 Å². The zero-order valence-corrected chi connectivity index (χ0v) is 7.15. The molecule has 0 fully saturated rings. The van der Waals surface area contributed by atoms with Gasteiger partial charge in [0, 0.05) is 5.56 Å². The molecule has 0 saturated heterocycles. The van der Waals surface area contributed by atoms with E-state index < -0.39 is 5.82 Å². The Hall–Kier alpha value is -1.09. The number of nitrogen functional groups attached to an aromatic ring is 1. The Morgan fingerprint density at radius 1 is 1.58 bits per heavy atom. The molecule has 0 aliphatic carbocycles. The minimum absolute atomic E-state index is 0.0652. The number of nitrogens with two attached hydrogens (primary N) is 1. The molecule has 0 bridgehead atoms. The molecule has 1 rings (SSSR count).